The summed E-state index contributed by atoms with van der Waals surface area (Å²) in [6.07, 6.45) is -0.459. The number of nitrogens with one attached hydrogen (secondary N) is 1. The van der Waals surface area contributed by atoms with Crippen molar-refractivity contribution in [2.24, 2.45) is 0 Å². The zero-order chi connectivity index (χ0) is 22.7. The van der Waals surface area contributed by atoms with Crippen molar-refractivity contribution in [2.75, 3.05) is 0 Å². The molecule has 1 aliphatic rings. The van der Waals surface area contributed by atoms with E-state index in [1.807, 2.05) is 24.3 Å². The standard InChI is InChI=1S/C23H20N2O6S/c26-21-12-13-22(27)25(21)31-23(28)15-20(17-7-2-1-3-8-17)24-32(29,30)19-11-10-16-6-4-5-9-18(16)14-19/h1-11,14,20,24H,12-13,15H2. The second kappa shape index (κ2) is 8.89. The molecular formula is C23H20N2O6S. The topological polar surface area (TPSA) is 110 Å². The highest BCUT2D eigenvalue weighted by atomic mass is 32.2. The fourth-order valence-electron chi connectivity index (χ4n) is 3.47. The van der Waals surface area contributed by atoms with Crippen molar-refractivity contribution >= 4 is 38.6 Å². The van der Waals surface area contributed by atoms with Gasteiger partial charge in [0, 0.05) is 12.8 Å². The molecule has 8 nitrogen and oxygen atoms in total. The molecule has 1 atom stereocenters. The lowest BCUT2D eigenvalue weighted by Gasteiger charge is -2.20. The maximum atomic E-state index is 13.1. The average molecular weight is 452 g/mol. The van der Waals surface area contributed by atoms with Crippen LogP contribution < -0.4 is 4.72 Å². The molecule has 0 aromatic heterocycles. The molecule has 1 aliphatic heterocycles. The van der Waals surface area contributed by atoms with Gasteiger partial charge in [-0.1, -0.05) is 60.7 Å². The third-order valence-electron chi connectivity index (χ3n) is 5.10. The van der Waals surface area contributed by atoms with Gasteiger partial charge in [-0.15, -0.1) is 5.06 Å². The number of carbonyl (C=O) groups excluding carboxylic acids is 3. The number of sulfonamides is 1. The Labute approximate surface area is 184 Å². The molecule has 4 rings (SSSR count). The van der Waals surface area contributed by atoms with Crippen molar-refractivity contribution in [1.82, 2.24) is 9.79 Å². The Morgan fingerprint density at radius 2 is 1.53 bits per heavy atom. The normalized spacial score (nSPS) is 15.2. The second-order valence-corrected chi connectivity index (χ2v) is 9.06. The van der Waals surface area contributed by atoms with E-state index in [1.54, 1.807) is 42.5 Å². The van der Waals surface area contributed by atoms with Gasteiger partial charge in [-0.25, -0.2) is 17.9 Å². The van der Waals surface area contributed by atoms with Crippen LogP contribution in [0.25, 0.3) is 10.8 Å². The minimum Gasteiger partial charge on any atom is -0.330 e. The summed E-state index contributed by atoms with van der Waals surface area (Å²) in [5.74, 6) is -2.10. The fourth-order valence-corrected chi connectivity index (χ4v) is 4.73. The van der Waals surface area contributed by atoms with Gasteiger partial charge in [-0.2, -0.15) is 0 Å². The predicted octanol–water partition coefficient (Wildman–Crippen LogP) is 2.86. The molecule has 1 heterocycles. The monoisotopic (exact) mass is 452 g/mol. The third-order valence-corrected chi connectivity index (χ3v) is 6.57. The van der Waals surface area contributed by atoms with Gasteiger partial charge in [0.25, 0.3) is 11.8 Å². The molecule has 3 aromatic carbocycles. The quantitative estimate of drug-likeness (QED) is 0.552. The summed E-state index contributed by atoms with van der Waals surface area (Å²) in [6, 6.07) is 19.7. The van der Waals surface area contributed by atoms with Crippen LogP contribution in [-0.4, -0.2) is 31.3 Å². The van der Waals surface area contributed by atoms with Crippen LogP contribution >= 0.6 is 0 Å². The van der Waals surface area contributed by atoms with Crippen LogP contribution in [0.2, 0.25) is 0 Å². The largest absolute Gasteiger partial charge is 0.335 e. The van der Waals surface area contributed by atoms with Crippen LogP contribution in [0.1, 0.15) is 30.9 Å². The van der Waals surface area contributed by atoms with E-state index >= 15 is 0 Å². The van der Waals surface area contributed by atoms with E-state index in [4.69, 9.17) is 4.84 Å². The molecule has 32 heavy (non-hydrogen) atoms. The van der Waals surface area contributed by atoms with E-state index in [0.29, 0.717) is 10.6 Å². The minimum atomic E-state index is -4.00. The molecule has 0 bridgehead atoms. The molecule has 0 saturated carbocycles. The summed E-state index contributed by atoms with van der Waals surface area (Å²) >= 11 is 0. The lowest BCUT2D eigenvalue weighted by atomic mass is 10.1. The summed E-state index contributed by atoms with van der Waals surface area (Å²) in [5.41, 5.74) is 0.535. The van der Waals surface area contributed by atoms with Crippen LogP contribution in [0, 0.1) is 0 Å². The molecule has 3 aromatic rings. The molecule has 1 fully saturated rings. The van der Waals surface area contributed by atoms with Gasteiger partial charge in [-0.05, 0) is 28.5 Å². The number of hydrogen-bond donors (Lipinski definition) is 1. The number of nitrogens with zero attached hydrogens (tertiary/aromatic N) is 1. The van der Waals surface area contributed by atoms with Gasteiger partial charge in [0.2, 0.25) is 10.0 Å². The van der Waals surface area contributed by atoms with Crippen LogP contribution in [0.5, 0.6) is 0 Å². The van der Waals surface area contributed by atoms with Crippen molar-refractivity contribution < 1.29 is 27.6 Å². The predicted molar refractivity (Wildman–Crippen MR) is 115 cm³/mol. The van der Waals surface area contributed by atoms with Gasteiger partial charge in [0.15, 0.2) is 0 Å². The summed E-state index contributed by atoms with van der Waals surface area (Å²) in [5, 5.41) is 2.11. The van der Waals surface area contributed by atoms with Gasteiger partial charge in [0.1, 0.15) is 0 Å². The van der Waals surface area contributed by atoms with Crippen molar-refractivity contribution in [1.29, 1.82) is 0 Å². The van der Waals surface area contributed by atoms with Gasteiger partial charge in [0.05, 0.1) is 17.4 Å². The number of fused-ring (bicyclic) bond motifs is 1. The Kier molecular flexibility index (Phi) is 6.02. The number of hydrogen-bond acceptors (Lipinski definition) is 6. The van der Waals surface area contributed by atoms with E-state index in [0.717, 1.165) is 10.8 Å². The lowest BCUT2D eigenvalue weighted by molar-refractivity contribution is -0.197. The van der Waals surface area contributed by atoms with E-state index in [-0.39, 0.29) is 17.7 Å². The van der Waals surface area contributed by atoms with Gasteiger partial charge >= 0.3 is 5.97 Å². The van der Waals surface area contributed by atoms with E-state index in [2.05, 4.69) is 4.72 Å². The zero-order valence-electron chi connectivity index (χ0n) is 16.9. The Bertz CT molecular complexity index is 1270. The Morgan fingerprint density at radius 3 is 2.22 bits per heavy atom. The molecule has 164 valence electrons. The van der Waals surface area contributed by atoms with Crippen molar-refractivity contribution in [2.45, 2.75) is 30.2 Å². The third kappa shape index (κ3) is 4.68. The first kappa shape index (κ1) is 21.7. The molecule has 1 N–H and O–H groups in total. The van der Waals surface area contributed by atoms with E-state index < -0.39 is 40.3 Å². The highest BCUT2D eigenvalue weighted by molar-refractivity contribution is 7.89. The van der Waals surface area contributed by atoms with Gasteiger partial charge < -0.3 is 4.84 Å². The number of carbonyl (C=O) groups is 3. The van der Waals surface area contributed by atoms with Crippen LogP contribution in [0.3, 0.4) is 0 Å². The summed E-state index contributed by atoms with van der Waals surface area (Å²) in [4.78, 5) is 40.9. The Balaban J connectivity index is 1.58. The van der Waals surface area contributed by atoms with Gasteiger partial charge in [-0.3, -0.25) is 9.59 Å². The van der Waals surface area contributed by atoms with Crippen molar-refractivity contribution in [3.8, 4) is 0 Å². The maximum Gasteiger partial charge on any atom is 0.335 e. The number of imide groups is 1. The Hall–Kier alpha value is -3.56. The number of amides is 2. The van der Waals surface area contributed by atoms with Crippen molar-refractivity contribution in [3.63, 3.8) is 0 Å². The number of hydroxylamine groups is 2. The van der Waals surface area contributed by atoms with Crippen LogP contribution in [0.15, 0.2) is 77.7 Å². The Morgan fingerprint density at radius 1 is 0.906 bits per heavy atom. The molecular weight excluding hydrogens is 432 g/mol. The minimum absolute atomic E-state index is 0.0250. The molecule has 0 aliphatic carbocycles. The first-order chi connectivity index (χ1) is 15.3. The van der Waals surface area contributed by atoms with Crippen molar-refractivity contribution in [3.05, 3.63) is 78.4 Å². The SMILES string of the molecule is O=C(CC(NS(=O)(=O)c1ccc2ccccc2c1)c1ccccc1)ON1C(=O)CCC1=O. The maximum absolute atomic E-state index is 13.1. The summed E-state index contributed by atoms with van der Waals surface area (Å²) in [7, 11) is -4.00. The highest BCUT2D eigenvalue weighted by Gasteiger charge is 2.34. The number of benzene rings is 3. The first-order valence-electron chi connectivity index (χ1n) is 9.96. The first-order valence-corrected chi connectivity index (χ1v) is 11.4. The fraction of sp³-hybridized carbons (Fsp3) is 0.174. The smallest absolute Gasteiger partial charge is 0.330 e. The molecule has 0 radical (unpaired) electrons. The molecule has 9 heteroatoms. The lowest BCUT2D eigenvalue weighted by Crippen LogP contribution is -2.35. The number of rotatable bonds is 7. The van der Waals surface area contributed by atoms with E-state index in [9.17, 15) is 22.8 Å². The molecule has 1 unspecified atom stereocenters. The van der Waals surface area contributed by atoms with E-state index in [1.165, 1.54) is 6.07 Å². The highest BCUT2D eigenvalue weighted by Crippen LogP contribution is 2.24. The zero-order valence-corrected chi connectivity index (χ0v) is 17.7. The molecule has 0 spiro atoms. The molecule has 2 amide bonds. The van der Waals surface area contributed by atoms with Crippen LogP contribution in [0.4, 0.5) is 0 Å². The summed E-state index contributed by atoms with van der Waals surface area (Å²) in [6.45, 7) is 0. The molecule has 1 saturated heterocycles. The summed E-state index contributed by atoms with van der Waals surface area (Å²) < 4.78 is 28.8. The second-order valence-electron chi connectivity index (χ2n) is 7.34. The average Bonchev–Trinajstić information content (AvgIpc) is 3.10. The van der Waals surface area contributed by atoms with Crippen LogP contribution in [-0.2, 0) is 29.2 Å².